The summed E-state index contributed by atoms with van der Waals surface area (Å²) in [5, 5.41) is 0. The van der Waals surface area contributed by atoms with Gasteiger partial charge in [-0.25, -0.2) is 0 Å². The molecule has 0 spiro atoms. The zero-order valence-corrected chi connectivity index (χ0v) is 14.1. The van der Waals surface area contributed by atoms with E-state index in [1.54, 1.807) is 0 Å². The summed E-state index contributed by atoms with van der Waals surface area (Å²) in [6.45, 7) is 3.90. The Kier molecular flexibility index (Phi) is 5.22. The van der Waals surface area contributed by atoms with Crippen LogP contribution < -0.4 is 4.90 Å². The number of hydrogen-bond donors (Lipinski definition) is 0. The number of hydrogen-bond acceptors (Lipinski definition) is 2. The molecule has 4 heteroatoms. The highest BCUT2D eigenvalue weighted by Gasteiger charge is 2.39. The van der Waals surface area contributed by atoms with Crippen molar-refractivity contribution in [2.75, 3.05) is 4.90 Å². The lowest BCUT2D eigenvalue weighted by Crippen LogP contribution is -2.31. The Balaban J connectivity index is 0.00000192. The first-order valence-electron chi connectivity index (χ1n) is 7.54. The second-order valence-electron chi connectivity index (χ2n) is 5.95. The van der Waals surface area contributed by atoms with Crippen molar-refractivity contribution < 1.29 is 9.59 Å². The van der Waals surface area contributed by atoms with Crippen molar-refractivity contribution in [3.63, 3.8) is 0 Å². The molecule has 1 fully saturated rings. The van der Waals surface area contributed by atoms with Crippen LogP contribution in [0.25, 0.3) is 0 Å². The minimum absolute atomic E-state index is 0. The fraction of sp³-hybridized carbons (Fsp3) is 0.263. The van der Waals surface area contributed by atoms with Crippen LogP contribution in [-0.4, -0.2) is 11.8 Å². The molecular formula is C19H20ClNO2. The smallest absolute Gasteiger partial charge is 0.237 e. The minimum atomic E-state index is -0.255. The second-order valence-corrected chi connectivity index (χ2v) is 5.95. The molecule has 1 aliphatic heterocycles. The van der Waals surface area contributed by atoms with Crippen LogP contribution in [0.3, 0.4) is 0 Å². The molecule has 3 rings (SSSR count). The van der Waals surface area contributed by atoms with Crippen LogP contribution in [0.15, 0.2) is 48.5 Å². The van der Waals surface area contributed by atoms with Crippen LogP contribution in [0.2, 0.25) is 0 Å². The lowest BCUT2D eigenvalue weighted by Gasteiger charge is -2.18. The van der Waals surface area contributed by atoms with Gasteiger partial charge < -0.3 is 0 Å². The Morgan fingerprint density at radius 1 is 1.04 bits per heavy atom. The quantitative estimate of drug-likeness (QED) is 0.802. The third-order valence-corrected chi connectivity index (χ3v) is 4.17. The number of nitrogens with zero attached hydrogens (tertiary/aromatic N) is 1. The van der Waals surface area contributed by atoms with Gasteiger partial charge in [0, 0.05) is 6.42 Å². The highest BCUT2D eigenvalue weighted by Crippen LogP contribution is 2.31. The summed E-state index contributed by atoms with van der Waals surface area (Å²) in [5.74, 6) is -0.433. The molecule has 0 aliphatic carbocycles. The first-order chi connectivity index (χ1) is 10.6. The number of carbonyl (C=O) groups is 2. The van der Waals surface area contributed by atoms with Gasteiger partial charge in [0.05, 0.1) is 11.6 Å². The van der Waals surface area contributed by atoms with Gasteiger partial charge in [0.25, 0.3) is 0 Å². The number of anilines is 1. The maximum absolute atomic E-state index is 12.7. The second kappa shape index (κ2) is 6.97. The first-order valence-corrected chi connectivity index (χ1v) is 7.54. The molecule has 0 aromatic heterocycles. The number of amides is 2. The standard InChI is InChI=1S/C19H19NO2.ClH/c1-13-8-9-14(2)17(10-13)20-18(21)12-16(19(20)22)11-15-6-4-3-5-7-15;/h3-10,16H,11-12H2,1-2H3;1H. The molecular weight excluding hydrogens is 310 g/mol. The number of imide groups is 1. The summed E-state index contributed by atoms with van der Waals surface area (Å²) in [6, 6.07) is 15.7. The Morgan fingerprint density at radius 3 is 2.43 bits per heavy atom. The SMILES string of the molecule is Cc1ccc(C)c(N2C(=O)CC(Cc3ccccc3)C2=O)c1.Cl. The molecule has 2 aromatic carbocycles. The molecule has 2 aromatic rings. The third kappa shape index (κ3) is 3.45. The Labute approximate surface area is 142 Å². The van der Waals surface area contributed by atoms with Gasteiger partial charge in [-0.1, -0.05) is 42.5 Å². The monoisotopic (exact) mass is 329 g/mol. The van der Waals surface area contributed by atoms with Gasteiger partial charge in [-0.2, -0.15) is 0 Å². The number of benzene rings is 2. The molecule has 1 saturated heterocycles. The van der Waals surface area contributed by atoms with Gasteiger partial charge >= 0.3 is 0 Å². The van der Waals surface area contributed by atoms with Gasteiger partial charge in [0.15, 0.2) is 0 Å². The van der Waals surface area contributed by atoms with Gasteiger partial charge in [-0.15, -0.1) is 12.4 Å². The zero-order chi connectivity index (χ0) is 15.7. The van der Waals surface area contributed by atoms with Crippen molar-refractivity contribution in [2.24, 2.45) is 5.92 Å². The number of rotatable bonds is 3. The first kappa shape index (κ1) is 17.2. The van der Waals surface area contributed by atoms with E-state index in [9.17, 15) is 9.59 Å². The van der Waals surface area contributed by atoms with Crippen LogP contribution in [0.4, 0.5) is 5.69 Å². The van der Waals surface area contributed by atoms with Crippen molar-refractivity contribution >= 4 is 29.9 Å². The van der Waals surface area contributed by atoms with Gasteiger partial charge in [0.2, 0.25) is 11.8 Å². The molecule has 1 aliphatic rings. The lowest BCUT2D eigenvalue weighted by atomic mass is 9.98. The highest BCUT2D eigenvalue weighted by atomic mass is 35.5. The van der Waals surface area contributed by atoms with E-state index in [1.165, 1.54) is 4.90 Å². The molecule has 0 saturated carbocycles. The van der Waals surface area contributed by atoms with E-state index in [0.717, 1.165) is 22.4 Å². The third-order valence-electron chi connectivity index (χ3n) is 4.17. The summed E-state index contributed by atoms with van der Waals surface area (Å²) in [7, 11) is 0. The van der Waals surface area contributed by atoms with Crippen LogP contribution in [0.5, 0.6) is 0 Å². The average molecular weight is 330 g/mol. The van der Waals surface area contributed by atoms with Gasteiger partial charge in [-0.05, 0) is 43.0 Å². The predicted molar refractivity (Wildman–Crippen MR) is 93.9 cm³/mol. The van der Waals surface area contributed by atoms with Crippen LogP contribution in [0, 0.1) is 19.8 Å². The summed E-state index contributed by atoms with van der Waals surface area (Å²) < 4.78 is 0. The van der Waals surface area contributed by atoms with E-state index in [1.807, 2.05) is 62.4 Å². The van der Waals surface area contributed by atoms with Gasteiger partial charge in [-0.3, -0.25) is 14.5 Å². The summed E-state index contributed by atoms with van der Waals surface area (Å²) in [5.41, 5.74) is 3.82. The van der Waals surface area contributed by atoms with Crippen LogP contribution in [-0.2, 0) is 16.0 Å². The van der Waals surface area contributed by atoms with Gasteiger partial charge in [0.1, 0.15) is 0 Å². The Bertz CT molecular complexity index is 727. The maximum atomic E-state index is 12.7. The number of carbonyl (C=O) groups excluding carboxylic acids is 2. The van der Waals surface area contributed by atoms with Crippen molar-refractivity contribution in [1.82, 2.24) is 0 Å². The van der Waals surface area contributed by atoms with E-state index in [-0.39, 0.29) is 30.1 Å². The number of halogens is 1. The molecule has 0 radical (unpaired) electrons. The van der Waals surface area contributed by atoms with Crippen LogP contribution >= 0.6 is 12.4 Å². The summed E-state index contributed by atoms with van der Waals surface area (Å²) >= 11 is 0. The molecule has 2 amide bonds. The average Bonchev–Trinajstić information content (AvgIpc) is 2.77. The predicted octanol–water partition coefficient (Wildman–Crippen LogP) is 3.85. The molecule has 3 nitrogen and oxygen atoms in total. The molecule has 1 atom stereocenters. The molecule has 0 N–H and O–H groups in total. The highest BCUT2D eigenvalue weighted by molar-refractivity contribution is 6.21. The summed E-state index contributed by atoms with van der Waals surface area (Å²) in [4.78, 5) is 26.4. The molecule has 23 heavy (non-hydrogen) atoms. The zero-order valence-electron chi connectivity index (χ0n) is 13.3. The Hall–Kier alpha value is -2.13. The van der Waals surface area contributed by atoms with E-state index in [2.05, 4.69) is 0 Å². The normalized spacial score (nSPS) is 17.3. The van der Waals surface area contributed by atoms with Crippen LogP contribution in [0.1, 0.15) is 23.1 Å². The fourth-order valence-electron chi connectivity index (χ4n) is 2.97. The molecule has 0 bridgehead atoms. The molecule has 1 heterocycles. The van der Waals surface area contributed by atoms with E-state index < -0.39 is 0 Å². The lowest BCUT2D eigenvalue weighted by molar-refractivity contribution is -0.122. The fourth-order valence-corrected chi connectivity index (χ4v) is 2.97. The maximum Gasteiger partial charge on any atom is 0.237 e. The van der Waals surface area contributed by atoms with E-state index in [4.69, 9.17) is 0 Å². The largest absolute Gasteiger partial charge is 0.274 e. The van der Waals surface area contributed by atoms with E-state index in [0.29, 0.717) is 12.8 Å². The summed E-state index contributed by atoms with van der Waals surface area (Å²) in [6.07, 6.45) is 0.911. The van der Waals surface area contributed by atoms with Crippen molar-refractivity contribution in [2.45, 2.75) is 26.7 Å². The minimum Gasteiger partial charge on any atom is -0.274 e. The topological polar surface area (TPSA) is 37.4 Å². The van der Waals surface area contributed by atoms with E-state index >= 15 is 0 Å². The van der Waals surface area contributed by atoms with Crippen molar-refractivity contribution in [1.29, 1.82) is 0 Å². The van der Waals surface area contributed by atoms with Crippen molar-refractivity contribution in [3.05, 3.63) is 65.2 Å². The van der Waals surface area contributed by atoms with Crippen molar-refractivity contribution in [3.8, 4) is 0 Å². The number of aryl methyl sites for hydroxylation is 2. The molecule has 1 unspecified atom stereocenters. The Morgan fingerprint density at radius 2 is 1.74 bits per heavy atom. The molecule has 120 valence electrons.